The van der Waals surface area contributed by atoms with Crippen LogP contribution in [0.3, 0.4) is 0 Å². The van der Waals surface area contributed by atoms with Crippen molar-refractivity contribution in [3.63, 3.8) is 0 Å². The Kier molecular flexibility index (Phi) is 10.3. The molecular formula is C44H50N6PSi+. The maximum Gasteiger partial charge on any atom is 0.114 e. The largest absolute Gasteiger partial charge is 0.378 e. The topological polar surface area (TPSA) is 49.5 Å². The molecule has 8 heteroatoms. The molecule has 0 saturated carbocycles. The average Bonchev–Trinajstić information content (AvgIpc) is 3.63. The van der Waals surface area contributed by atoms with E-state index in [4.69, 9.17) is 4.99 Å². The Balaban J connectivity index is 1.11. The maximum atomic E-state index is 5.33. The monoisotopic (exact) mass is 721 g/mol. The summed E-state index contributed by atoms with van der Waals surface area (Å²) < 4.78 is 2.01. The quantitative estimate of drug-likeness (QED) is 0.0884. The zero-order valence-corrected chi connectivity index (χ0v) is 33.3. The summed E-state index contributed by atoms with van der Waals surface area (Å²) in [5.74, 6) is 0. The molecule has 6 nitrogen and oxygen atoms in total. The number of hydrogen-bond acceptors (Lipinski definition) is 5. The van der Waals surface area contributed by atoms with Gasteiger partial charge in [0.1, 0.15) is 31.2 Å². The molecule has 0 atom stereocenters. The van der Waals surface area contributed by atoms with Crippen LogP contribution in [-0.4, -0.2) is 69.7 Å². The third-order valence-corrected chi connectivity index (χ3v) is 18.5. The summed E-state index contributed by atoms with van der Waals surface area (Å²) in [5.41, 5.74) is 7.21. The molecule has 52 heavy (non-hydrogen) atoms. The van der Waals surface area contributed by atoms with E-state index in [1.807, 2.05) is 4.68 Å². The summed E-state index contributed by atoms with van der Waals surface area (Å²) in [6.07, 6.45) is 4.87. The van der Waals surface area contributed by atoms with Crippen LogP contribution in [0.15, 0.2) is 139 Å². The summed E-state index contributed by atoms with van der Waals surface area (Å²) in [4.78, 5) is 9.73. The average molecular weight is 722 g/mol. The van der Waals surface area contributed by atoms with Crippen LogP contribution >= 0.6 is 7.26 Å². The van der Waals surface area contributed by atoms with Crippen molar-refractivity contribution in [2.45, 2.75) is 32.5 Å². The number of aromatic nitrogens is 3. The SMILES string of the molecule is CN(C)c1ccc2c(c1)[Si](C)(C)c1cc(N(C)C)ccc1C2=NCCCn1cc(CC[P+](c2ccccc2)(c2ccccc2)c2ccccc2)nn1. The number of aliphatic imine (C=N–C) groups is 1. The highest BCUT2D eigenvalue weighted by atomic mass is 31.2. The summed E-state index contributed by atoms with van der Waals surface area (Å²) in [6, 6.07) is 47.1. The lowest BCUT2D eigenvalue weighted by atomic mass is 10.00. The molecule has 1 aliphatic heterocycles. The molecule has 6 aromatic rings. The Morgan fingerprint density at radius 3 is 1.60 bits per heavy atom. The zero-order chi connectivity index (χ0) is 36.3. The number of fused-ring (bicyclic) bond motifs is 2. The van der Waals surface area contributed by atoms with E-state index in [-0.39, 0.29) is 0 Å². The molecule has 264 valence electrons. The first-order chi connectivity index (χ1) is 25.2. The molecule has 0 fully saturated rings. The van der Waals surface area contributed by atoms with Crippen molar-refractivity contribution in [2.24, 2.45) is 4.99 Å². The maximum absolute atomic E-state index is 5.33. The predicted octanol–water partition coefficient (Wildman–Crippen LogP) is 6.01. The summed E-state index contributed by atoms with van der Waals surface area (Å²) >= 11 is 0. The molecule has 0 N–H and O–H groups in total. The number of nitrogens with zero attached hydrogens (tertiary/aromatic N) is 6. The first kappa shape index (κ1) is 35.6. The lowest BCUT2D eigenvalue weighted by molar-refractivity contribution is 0.564. The number of aryl methyl sites for hydroxylation is 2. The van der Waals surface area contributed by atoms with Gasteiger partial charge in [-0.05, 0) is 77.5 Å². The fourth-order valence-corrected chi connectivity index (χ4v) is 15.0. The Labute approximate surface area is 311 Å². The highest BCUT2D eigenvalue weighted by Crippen LogP contribution is 2.55. The number of rotatable bonds is 12. The molecule has 2 heterocycles. The van der Waals surface area contributed by atoms with Gasteiger partial charge in [-0.3, -0.25) is 9.67 Å². The van der Waals surface area contributed by atoms with Gasteiger partial charge in [-0.1, -0.05) is 85.0 Å². The standard InChI is InChI=1S/C44H50N6PSi/c1-48(2)35-23-25-40-42(31-35)52(5,6)43-32-36(49(3)4)24-26-41(43)44(40)45-28-16-29-50-33-34(46-47-50)27-30-51(37-17-10-7-11-18-37,38-19-12-8-13-20-38)39-21-14-9-15-22-39/h7-15,17-26,31-33H,16,27-30H2,1-6H3/q+1. The van der Waals surface area contributed by atoms with E-state index < -0.39 is 15.3 Å². The molecule has 0 aliphatic carbocycles. The van der Waals surface area contributed by atoms with Crippen LogP contribution in [0.2, 0.25) is 13.1 Å². The van der Waals surface area contributed by atoms with Gasteiger partial charge >= 0.3 is 0 Å². The highest BCUT2D eigenvalue weighted by molar-refractivity contribution is 7.95. The Morgan fingerprint density at radius 1 is 0.654 bits per heavy atom. The van der Waals surface area contributed by atoms with Crippen molar-refractivity contribution < 1.29 is 0 Å². The van der Waals surface area contributed by atoms with Gasteiger partial charge in [0.15, 0.2) is 0 Å². The van der Waals surface area contributed by atoms with Crippen molar-refractivity contribution >= 4 is 58.7 Å². The van der Waals surface area contributed by atoms with Crippen LogP contribution in [0.1, 0.15) is 23.2 Å². The number of hydrogen-bond donors (Lipinski definition) is 0. The molecule has 0 radical (unpaired) electrons. The van der Waals surface area contributed by atoms with Gasteiger partial charge < -0.3 is 9.80 Å². The van der Waals surface area contributed by atoms with Gasteiger partial charge in [-0.25, -0.2) is 0 Å². The smallest absolute Gasteiger partial charge is 0.114 e. The molecule has 0 saturated heterocycles. The van der Waals surface area contributed by atoms with Gasteiger partial charge in [0.2, 0.25) is 0 Å². The molecule has 7 rings (SSSR count). The fourth-order valence-electron chi connectivity index (χ4n) is 7.68. The van der Waals surface area contributed by atoms with Gasteiger partial charge in [0, 0.05) is 76.4 Å². The van der Waals surface area contributed by atoms with Crippen LogP contribution < -0.4 is 36.1 Å². The number of anilines is 2. The van der Waals surface area contributed by atoms with Crippen molar-refractivity contribution in [3.05, 3.63) is 150 Å². The van der Waals surface area contributed by atoms with Crippen LogP contribution in [0.25, 0.3) is 0 Å². The lowest BCUT2D eigenvalue weighted by Gasteiger charge is -2.36. The molecule has 1 aromatic heterocycles. The molecular weight excluding hydrogens is 672 g/mol. The number of benzene rings is 5. The predicted molar refractivity (Wildman–Crippen MR) is 227 cm³/mol. The van der Waals surface area contributed by atoms with Crippen LogP contribution in [0.4, 0.5) is 11.4 Å². The van der Waals surface area contributed by atoms with Crippen molar-refractivity contribution in [1.82, 2.24) is 15.0 Å². The second kappa shape index (κ2) is 15.0. The summed E-state index contributed by atoms with van der Waals surface area (Å²) in [7, 11) is 4.59. The van der Waals surface area contributed by atoms with Gasteiger partial charge in [-0.2, -0.15) is 0 Å². The van der Waals surface area contributed by atoms with E-state index in [1.165, 1.54) is 48.8 Å². The van der Waals surface area contributed by atoms with E-state index in [0.29, 0.717) is 0 Å². The molecule has 0 spiro atoms. The second-order valence-electron chi connectivity index (χ2n) is 14.7. The van der Waals surface area contributed by atoms with E-state index in [9.17, 15) is 0 Å². The van der Waals surface area contributed by atoms with E-state index in [1.54, 1.807) is 0 Å². The first-order valence-corrected chi connectivity index (χ1v) is 23.3. The molecule has 5 aromatic carbocycles. The van der Waals surface area contributed by atoms with Crippen molar-refractivity contribution in [3.8, 4) is 0 Å². The Hall–Kier alpha value is -4.84. The highest BCUT2D eigenvalue weighted by Gasteiger charge is 2.45. The van der Waals surface area contributed by atoms with Gasteiger partial charge in [0.25, 0.3) is 0 Å². The van der Waals surface area contributed by atoms with Crippen molar-refractivity contribution in [2.75, 3.05) is 50.7 Å². The van der Waals surface area contributed by atoms with E-state index in [2.05, 4.69) is 195 Å². The van der Waals surface area contributed by atoms with E-state index >= 15 is 0 Å². The Bertz CT molecular complexity index is 2000. The third-order valence-electron chi connectivity index (χ3n) is 10.6. The fraction of sp³-hybridized carbons (Fsp3) is 0.250. The molecule has 0 bridgehead atoms. The summed E-state index contributed by atoms with van der Waals surface area (Å²) in [6.45, 7) is 6.46. The van der Waals surface area contributed by atoms with Crippen LogP contribution in [0, 0.1) is 0 Å². The third kappa shape index (κ3) is 6.88. The molecule has 0 amide bonds. The minimum atomic E-state index is -1.97. The first-order valence-electron chi connectivity index (χ1n) is 18.3. The van der Waals surface area contributed by atoms with Crippen LogP contribution in [0.5, 0.6) is 0 Å². The second-order valence-corrected chi connectivity index (χ2v) is 22.7. The van der Waals surface area contributed by atoms with Gasteiger partial charge in [-0.15, -0.1) is 5.10 Å². The zero-order valence-electron chi connectivity index (χ0n) is 31.4. The minimum absolute atomic E-state index is 0.723. The van der Waals surface area contributed by atoms with Gasteiger partial charge in [0.05, 0.1) is 17.6 Å². The van der Waals surface area contributed by atoms with Crippen LogP contribution in [-0.2, 0) is 13.0 Å². The minimum Gasteiger partial charge on any atom is -0.378 e. The lowest BCUT2D eigenvalue weighted by Crippen LogP contribution is -2.60. The summed E-state index contributed by atoms with van der Waals surface area (Å²) in [5, 5.41) is 16.4. The molecule has 0 unspecified atom stereocenters. The molecule has 1 aliphatic rings. The normalized spacial score (nSPS) is 13.3. The van der Waals surface area contributed by atoms with Crippen molar-refractivity contribution in [1.29, 1.82) is 0 Å². The van der Waals surface area contributed by atoms with E-state index in [0.717, 1.165) is 43.5 Å². The Morgan fingerprint density at radius 2 is 1.13 bits per heavy atom.